The molecule has 1 saturated heterocycles. The molecule has 1 amide bonds. The van der Waals surface area contributed by atoms with Gasteiger partial charge in [0.25, 0.3) is 11.6 Å². The first-order chi connectivity index (χ1) is 15.0. The van der Waals surface area contributed by atoms with Crippen LogP contribution in [0.2, 0.25) is 0 Å². The molecule has 1 fully saturated rings. The lowest BCUT2D eigenvalue weighted by molar-refractivity contribution is -0.384. The van der Waals surface area contributed by atoms with Crippen molar-refractivity contribution in [2.75, 3.05) is 12.3 Å². The number of aliphatic hydroxyl groups is 2. The number of non-ortho nitro benzene ring substituents is 1. The fourth-order valence-corrected chi connectivity index (χ4v) is 3.36. The molecule has 1 aliphatic rings. The van der Waals surface area contributed by atoms with E-state index in [4.69, 9.17) is 20.3 Å². The van der Waals surface area contributed by atoms with Crippen LogP contribution < -0.4 is 11.1 Å². The Hall–Kier alpha value is -2.91. The highest BCUT2D eigenvalue weighted by Crippen LogP contribution is 2.38. The molecule has 15 nitrogen and oxygen atoms in total. The van der Waals surface area contributed by atoms with Crippen LogP contribution in [0.15, 0.2) is 30.6 Å². The molecule has 3 rings (SSSR count). The number of hydrogen-bond acceptors (Lipinski definition) is 10. The first-order valence-corrected chi connectivity index (χ1v) is 10.6. The highest BCUT2D eigenvalue weighted by molar-refractivity contribution is 7.46. The predicted octanol–water partition coefficient (Wildman–Crippen LogP) is -0.968. The average molecular weight is 473 g/mol. The van der Waals surface area contributed by atoms with Gasteiger partial charge in [0.2, 0.25) is 0 Å². The lowest BCUT2D eigenvalue weighted by Crippen LogP contribution is -2.33. The maximum absolute atomic E-state index is 12.4. The summed E-state index contributed by atoms with van der Waals surface area (Å²) in [7, 11) is -4.82. The van der Waals surface area contributed by atoms with Crippen LogP contribution in [0.4, 0.5) is 11.5 Å². The molecule has 174 valence electrons. The van der Waals surface area contributed by atoms with E-state index in [1.165, 1.54) is 24.3 Å². The number of phosphoric acid groups is 1. The molecule has 0 aliphatic carbocycles. The van der Waals surface area contributed by atoms with Gasteiger partial charge in [0.15, 0.2) is 11.9 Å². The number of phosphoric ester groups is 1. The number of carbonyl (C=O) groups excluding carboxylic acids is 1. The molecule has 0 radical (unpaired) electrons. The summed E-state index contributed by atoms with van der Waals surface area (Å²) in [5, 5.41) is 33.5. The number of amides is 1. The Morgan fingerprint density at radius 2 is 1.97 bits per heavy atom. The Bertz CT molecular complexity index is 1040. The van der Waals surface area contributed by atoms with E-state index in [1.54, 1.807) is 0 Å². The fraction of sp³-hybridized carbons (Fsp3) is 0.375. The summed E-state index contributed by atoms with van der Waals surface area (Å²) in [5.74, 6) is -0.868. The molecule has 0 bridgehead atoms. The number of nitro benzene ring substituents is 1. The molecule has 0 spiro atoms. The summed E-state index contributed by atoms with van der Waals surface area (Å²) in [5.41, 5.74) is 6.23. The van der Waals surface area contributed by atoms with Gasteiger partial charge in [-0.05, 0) is 5.56 Å². The van der Waals surface area contributed by atoms with Gasteiger partial charge in [-0.25, -0.2) is 9.55 Å². The molecule has 2 aromatic rings. The Morgan fingerprint density at radius 3 is 2.56 bits per heavy atom. The number of nitrogens with zero attached hydrogens (tertiary/aromatic N) is 3. The molecule has 1 aromatic carbocycles. The smallest absolute Gasteiger partial charge is 0.387 e. The van der Waals surface area contributed by atoms with E-state index in [2.05, 4.69) is 14.8 Å². The molecular weight excluding hydrogens is 453 g/mol. The lowest BCUT2D eigenvalue weighted by atomic mass is 10.1. The third-order valence-corrected chi connectivity index (χ3v) is 5.15. The SMILES string of the molecule is Nc1c(C(=O)NCc2ccc([N+](=O)[O-])cc2)ncn1C1OC(COP(=O)(O)O)C(O)C1O. The van der Waals surface area contributed by atoms with E-state index in [0.29, 0.717) is 5.56 Å². The molecule has 1 aliphatic heterocycles. The van der Waals surface area contributed by atoms with Crippen molar-refractivity contribution in [1.29, 1.82) is 0 Å². The van der Waals surface area contributed by atoms with Gasteiger partial charge in [0, 0.05) is 18.7 Å². The number of anilines is 1. The molecule has 1 aromatic heterocycles. The highest BCUT2D eigenvalue weighted by atomic mass is 31.2. The number of carbonyl (C=O) groups is 1. The van der Waals surface area contributed by atoms with Crippen molar-refractivity contribution in [2.24, 2.45) is 0 Å². The van der Waals surface area contributed by atoms with Crippen LogP contribution in [0.5, 0.6) is 0 Å². The summed E-state index contributed by atoms with van der Waals surface area (Å²) in [4.78, 5) is 44.0. The average Bonchev–Trinajstić information content (AvgIpc) is 3.24. The summed E-state index contributed by atoms with van der Waals surface area (Å²) < 4.78 is 21.6. The topological polar surface area (TPSA) is 233 Å². The first-order valence-electron chi connectivity index (χ1n) is 9.03. The van der Waals surface area contributed by atoms with Crippen LogP contribution in [-0.4, -0.2) is 65.3 Å². The zero-order valence-corrected chi connectivity index (χ0v) is 17.1. The third-order valence-electron chi connectivity index (χ3n) is 4.67. The fourth-order valence-electron chi connectivity index (χ4n) is 3.02. The van der Waals surface area contributed by atoms with Crippen molar-refractivity contribution in [3.8, 4) is 0 Å². The van der Waals surface area contributed by atoms with Crippen LogP contribution in [0.1, 0.15) is 22.3 Å². The second-order valence-corrected chi connectivity index (χ2v) is 8.06. The number of benzene rings is 1. The number of imidazole rings is 1. The van der Waals surface area contributed by atoms with Crippen molar-refractivity contribution in [1.82, 2.24) is 14.9 Å². The van der Waals surface area contributed by atoms with Crippen molar-refractivity contribution >= 4 is 25.2 Å². The van der Waals surface area contributed by atoms with Crippen LogP contribution in [0.3, 0.4) is 0 Å². The van der Waals surface area contributed by atoms with Crippen molar-refractivity contribution in [2.45, 2.75) is 31.1 Å². The van der Waals surface area contributed by atoms with Gasteiger partial charge in [0.1, 0.15) is 24.1 Å². The highest BCUT2D eigenvalue weighted by Gasteiger charge is 2.45. The van der Waals surface area contributed by atoms with E-state index in [-0.39, 0.29) is 23.7 Å². The largest absolute Gasteiger partial charge is 0.469 e. The second kappa shape index (κ2) is 9.30. The molecule has 16 heteroatoms. The van der Waals surface area contributed by atoms with E-state index >= 15 is 0 Å². The summed E-state index contributed by atoms with van der Waals surface area (Å²) in [6.07, 6.45) is -4.56. The minimum Gasteiger partial charge on any atom is -0.387 e. The minimum atomic E-state index is -4.82. The number of hydrogen-bond donors (Lipinski definition) is 6. The number of nitrogens with two attached hydrogens (primary N) is 1. The number of nitrogens with one attached hydrogen (secondary N) is 1. The molecule has 7 N–H and O–H groups in total. The Kier molecular flexibility index (Phi) is 6.90. The number of rotatable bonds is 8. The van der Waals surface area contributed by atoms with Crippen LogP contribution in [0, 0.1) is 10.1 Å². The van der Waals surface area contributed by atoms with Gasteiger partial charge in [-0.2, -0.15) is 0 Å². The normalized spacial score (nSPS) is 23.2. The molecule has 0 saturated carbocycles. The number of aliphatic hydroxyl groups excluding tert-OH is 2. The summed E-state index contributed by atoms with van der Waals surface area (Å²) in [6, 6.07) is 5.54. The number of nitrogen functional groups attached to an aromatic ring is 1. The lowest BCUT2D eigenvalue weighted by Gasteiger charge is -2.17. The maximum Gasteiger partial charge on any atom is 0.469 e. The predicted molar refractivity (Wildman–Crippen MR) is 105 cm³/mol. The van der Waals surface area contributed by atoms with Gasteiger partial charge < -0.3 is 35.8 Å². The minimum absolute atomic E-state index is 0.0339. The molecule has 32 heavy (non-hydrogen) atoms. The van der Waals surface area contributed by atoms with E-state index in [9.17, 15) is 29.7 Å². The van der Waals surface area contributed by atoms with E-state index in [0.717, 1.165) is 10.9 Å². The Morgan fingerprint density at radius 1 is 1.31 bits per heavy atom. The van der Waals surface area contributed by atoms with Crippen LogP contribution >= 0.6 is 7.82 Å². The third kappa shape index (κ3) is 5.28. The molecule has 4 unspecified atom stereocenters. The molecule has 4 atom stereocenters. The van der Waals surface area contributed by atoms with E-state index in [1.807, 2.05) is 0 Å². The monoisotopic (exact) mass is 473 g/mol. The van der Waals surface area contributed by atoms with Gasteiger partial charge in [-0.1, -0.05) is 12.1 Å². The molecule has 2 heterocycles. The van der Waals surface area contributed by atoms with Crippen molar-refractivity contribution < 1.29 is 43.5 Å². The molecular formula is C16H20N5O10P. The second-order valence-electron chi connectivity index (χ2n) is 6.82. The number of ether oxygens (including phenoxy) is 1. The first kappa shape index (κ1) is 23.7. The van der Waals surface area contributed by atoms with Crippen molar-refractivity contribution in [3.05, 3.63) is 52.0 Å². The summed E-state index contributed by atoms with van der Waals surface area (Å²) in [6.45, 7) is -0.664. The van der Waals surface area contributed by atoms with Crippen molar-refractivity contribution in [3.63, 3.8) is 0 Å². The quantitative estimate of drug-likeness (QED) is 0.154. The van der Waals surface area contributed by atoms with Gasteiger partial charge in [0.05, 0.1) is 17.9 Å². The van der Waals surface area contributed by atoms with Gasteiger partial charge in [-0.15, -0.1) is 0 Å². The standard InChI is InChI=1S/C16H20N5O10P/c17-14-11(15(24)18-5-8-1-3-9(4-2-8)21(25)26)19-7-20(14)16-13(23)12(22)10(31-16)6-30-32(27,28)29/h1-4,7,10,12-13,16,22-23H,5-6,17H2,(H,18,24)(H2,27,28,29). The Balaban J connectivity index is 1.65. The zero-order chi connectivity index (χ0) is 23.6. The van der Waals surface area contributed by atoms with Crippen LogP contribution in [0.25, 0.3) is 0 Å². The summed E-state index contributed by atoms with van der Waals surface area (Å²) >= 11 is 0. The maximum atomic E-state index is 12.4. The zero-order valence-electron chi connectivity index (χ0n) is 16.2. The van der Waals surface area contributed by atoms with E-state index < -0.39 is 49.8 Å². The number of nitro groups is 1. The number of aromatic nitrogens is 2. The van der Waals surface area contributed by atoms with Crippen LogP contribution in [-0.2, 0) is 20.4 Å². The Labute approximate surface area is 179 Å². The van der Waals surface area contributed by atoms with Gasteiger partial charge >= 0.3 is 7.82 Å². The van der Waals surface area contributed by atoms with Gasteiger partial charge in [-0.3, -0.25) is 24.0 Å².